The number of carbonyl (C=O) groups excluding carboxylic acids is 1. The second kappa shape index (κ2) is 11.7. The molecule has 3 heteroatoms. The van der Waals surface area contributed by atoms with E-state index < -0.39 is 0 Å². The minimum absolute atomic E-state index is 0.275. The summed E-state index contributed by atoms with van der Waals surface area (Å²) in [5.74, 6) is -0.275. The van der Waals surface area contributed by atoms with E-state index in [9.17, 15) is 4.79 Å². The Bertz CT molecular complexity index is 282. The van der Waals surface area contributed by atoms with Crippen LogP contribution in [0.3, 0.4) is 0 Å². The monoisotopic (exact) mass is 226 g/mol. The molecule has 0 amide bonds. The molecule has 16 heavy (non-hydrogen) atoms. The highest BCUT2D eigenvalue weighted by Crippen LogP contribution is 2.07. The molecule has 1 aromatic carbocycles. The predicted octanol–water partition coefficient (Wildman–Crippen LogP) is 3.07. The summed E-state index contributed by atoms with van der Waals surface area (Å²) in [5.41, 5.74) is 1.58. The molecule has 0 spiro atoms. The molecule has 0 aliphatic carbocycles. The molecule has 0 aliphatic rings. The van der Waals surface area contributed by atoms with Crippen LogP contribution in [-0.2, 0) is 9.47 Å². The van der Waals surface area contributed by atoms with Crippen molar-refractivity contribution >= 4 is 5.97 Å². The van der Waals surface area contributed by atoms with Crippen molar-refractivity contribution in [1.82, 2.24) is 0 Å². The Labute approximate surface area is 98.4 Å². The number of rotatable bonds is 1. The number of hydrogen-bond acceptors (Lipinski definition) is 3. The Morgan fingerprint density at radius 3 is 1.88 bits per heavy atom. The maximum atomic E-state index is 11.0. The Hall–Kier alpha value is -1.35. The van der Waals surface area contributed by atoms with Gasteiger partial charge in [-0.05, 0) is 18.6 Å². The first-order valence-corrected chi connectivity index (χ1v) is 5.21. The van der Waals surface area contributed by atoms with Crippen LogP contribution in [0.5, 0.6) is 0 Å². The van der Waals surface area contributed by atoms with Gasteiger partial charge in [0.05, 0.1) is 12.7 Å². The molecule has 0 atom stereocenters. The maximum absolute atomic E-state index is 11.0. The SMILES string of the molecule is CC.COC.COC(=O)c1ccccc1C. The smallest absolute Gasteiger partial charge is 0.338 e. The number of hydrogen-bond donors (Lipinski definition) is 0. The van der Waals surface area contributed by atoms with Crippen LogP contribution >= 0.6 is 0 Å². The van der Waals surface area contributed by atoms with Crippen molar-refractivity contribution in [3.8, 4) is 0 Å². The summed E-state index contributed by atoms with van der Waals surface area (Å²) in [6, 6.07) is 7.34. The Morgan fingerprint density at radius 1 is 1.06 bits per heavy atom. The van der Waals surface area contributed by atoms with Crippen LogP contribution in [0, 0.1) is 6.92 Å². The van der Waals surface area contributed by atoms with Crippen LogP contribution in [-0.4, -0.2) is 27.3 Å². The van der Waals surface area contributed by atoms with Crippen molar-refractivity contribution < 1.29 is 14.3 Å². The van der Waals surface area contributed by atoms with Crippen LogP contribution in [0.4, 0.5) is 0 Å². The zero-order valence-corrected chi connectivity index (χ0v) is 11.0. The number of carbonyl (C=O) groups is 1. The first-order chi connectivity index (χ1) is 7.67. The first kappa shape index (κ1) is 17.1. The third kappa shape index (κ3) is 7.01. The molecule has 92 valence electrons. The van der Waals surface area contributed by atoms with Gasteiger partial charge in [0.15, 0.2) is 0 Å². The first-order valence-electron chi connectivity index (χ1n) is 5.21. The highest BCUT2D eigenvalue weighted by atomic mass is 16.5. The number of esters is 1. The van der Waals surface area contributed by atoms with E-state index in [4.69, 9.17) is 0 Å². The molecule has 0 saturated carbocycles. The van der Waals surface area contributed by atoms with Gasteiger partial charge in [0.2, 0.25) is 0 Å². The van der Waals surface area contributed by atoms with Crippen LogP contribution in [0.1, 0.15) is 29.8 Å². The molecule has 0 heterocycles. The lowest BCUT2D eigenvalue weighted by Crippen LogP contribution is -2.02. The summed E-state index contributed by atoms with van der Waals surface area (Å²) >= 11 is 0. The Kier molecular flexibility index (Phi) is 12.5. The molecule has 0 bridgehead atoms. The zero-order valence-electron chi connectivity index (χ0n) is 11.0. The quantitative estimate of drug-likeness (QED) is 0.690. The van der Waals surface area contributed by atoms with Crippen molar-refractivity contribution in [3.63, 3.8) is 0 Å². The standard InChI is InChI=1S/C9H10O2.C2H6O.C2H6/c1-7-5-3-4-6-8(7)9(10)11-2;1-3-2;1-2/h3-6H,1-2H3;1-2H3;1-2H3. The van der Waals surface area contributed by atoms with E-state index in [1.54, 1.807) is 20.3 Å². The van der Waals surface area contributed by atoms with E-state index in [0.717, 1.165) is 5.56 Å². The van der Waals surface area contributed by atoms with Gasteiger partial charge in [-0.1, -0.05) is 32.0 Å². The molecule has 0 unspecified atom stereocenters. The van der Waals surface area contributed by atoms with Crippen molar-refractivity contribution in [1.29, 1.82) is 0 Å². The number of ether oxygens (including phenoxy) is 2. The van der Waals surface area contributed by atoms with Crippen molar-refractivity contribution in [2.75, 3.05) is 21.3 Å². The average Bonchev–Trinajstić information content (AvgIpc) is 2.32. The molecule has 0 aromatic heterocycles. The predicted molar refractivity (Wildman–Crippen MR) is 66.8 cm³/mol. The van der Waals surface area contributed by atoms with Gasteiger partial charge in [0.1, 0.15) is 0 Å². The van der Waals surface area contributed by atoms with E-state index in [0.29, 0.717) is 5.56 Å². The summed E-state index contributed by atoms with van der Waals surface area (Å²) in [7, 11) is 4.63. The Morgan fingerprint density at radius 2 is 1.50 bits per heavy atom. The lowest BCUT2D eigenvalue weighted by molar-refractivity contribution is 0.0600. The molecule has 0 fully saturated rings. The summed E-state index contributed by atoms with van der Waals surface area (Å²) in [4.78, 5) is 11.0. The van der Waals surface area contributed by atoms with Gasteiger partial charge in [-0.15, -0.1) is 0 Å². The van der Waals surface area contributed by atoms with Gasteiger partial charge in [0, 0.05) is 14.2 Å². The van der Waals surface area contributed by atoms with Crippen LogP contribution < -0.4 is 0 Å². The average molecular weight is 226 g/mol. The van der Waals surface area contributed by atoms with Crippen molar-refractivity contribution in [3.05, 3.63) is 35.4 Å². The minimum Gasteiger partial charge on any atom is -0.465 e. The van der Waals surface area contributed by atoms with Crippen molar-refractivity contribution in [2.24, 2.45) is 0 Å². The van der Waals surface area contributed by atoms with E-state index in [1.165, 1.54) is 7.11 Å². The molecule has 0 N–H and O–H groups in total. The summed E-state index contributed by atoms with van der Waals surface area (Å²) in [6.45, 7) is 5.88. The third-order valence-electron chi connectivity index (χ3n) is 1.55. The molecular formula is C13H22O3. The Balaban J connectivity index is 0. The summed E-state index contributed by atoms with van der Waals surface area (Å²) in [5, 5.41) is 0. The van der Waals surface area contributed by atoms with Gasteiger partial charge < -0.3 is 9.47 Å². The molecule has 3 nitrogen and oxygen atoms in total. The van der Waals surface area contributed by atoms with E-state index in [-0.39, 0.29) is 5.97 Å². The molecular weight excluding hydrogens is 204 g/mol. The van der Waals surface area contributed by atoms with Gasteiger partial charge in [-0.3, -0.25) is 0 Å². The number of aryl methyl sites for hydroxylation is 1. The van der Waals surface area contributed by atoms with Gasteiger partial charge >= 0.3 is 5.97 Å². The fourth-order valence-electron chi connectivity index (χ4n) is 0.912. The molecule has 1 rings (SSSR count). The third-order valence-corrected chi connectivity index (χ3v) is 1.55. The highest BCUT2D eigenvalue weighted by molar-refractivity contribution is 5.90. The molecule has 0 aliphatic heterocycles. The zero-order chi connectivity index (χ0) is 13.0. The van der Waals surface area contributed by atoms with E-state index in [1.807, 2.05) is 39.0 Å². The van der Waals surface area contributed by atoms with Gasteiger partial charge in [-0.25, -0.2) is 4.79 Å². The second-order valence-electron chi connectivity index (χ2n) is 2.71. The van der Waals surface area contributed by atoms with Crippen LogP contribution in [0.25, 0.3) is 0 Å². The largest absolute Gasteiger partial charge is 0.465 e. The summed E-state index contributed by atoms with van der Waals surface area (Å²) in [6.07, 6.45) is 0. The highest BCUT2D eigenvalue weighted by Gasteiger charge is 2.05. The minimum atomic E-state index is -0.275. The normalized spacial score (nSPS) is 7.88. The lowest BCUT2D eigenvalue weighted by Gasteiger charge is -2.00. The fraction of sp³-hybridized carbons (Fsp3) is 0.462. The number of benzene rings is 1. The van der Waals surface area contributed by atoms with Crippen molar-refractivity contribution in [2.45, 2.75) is 20.8 Å². The molecule has 0 radical (unpaired) electrons. The summed E-state index contributed by atoms with van der Waals surface area (Å²) < 4.78 is 8.83. The maximum Gasteiger partial charge on any atom is 0.338 e. The topological polar surface area (TPSA) is 35.5 Å². The lowest BCUT2D eigenvalue weighted by atomic mass is 10.1. The van der Waals surface area contributed by atoms with Gasteiger partial charge in [0.25, 0.3) is 0 Å². The van der Waals surface area contributed by atoms with Crippen LogP contribution in [0.15, 0.2) is 24.3 Å². The molecule has 1 aromatic rings. The van der Waals surface area contributed by atoms with E-state index in [2.05, 4.69) is 9.47 Å². The van der Waals surface area contributed by atoms with E-state index >= 15 is 0 Å². The van der Waals surface area contributed by atoms with Gasteiger partial charge in [-0.2, -0.15) is 0 Å². The molecule has 0 saturated heterocycles. The van der Waals surface area contributed by atoms with Crippen LogP contribution in [0.2, 0.25) is 0 Å². The number of methoxy groups -OCH3 is 2. The second-order valence-corrected chi connectivity index (χ2v) is 2.71. The fourth-order valence-corrected chi connectivity index (χ4v) is 0.912.